The first kappa shape index (κ1) is 16.7. The number of halogens is 1. The van der Waals surface area contributed by atoms with Crippen LogP contribution in [0.25, 0.3) is 0 Å². The number of hydrogen-bond donors (Lipinski definition) is 0. The van der Waals surface area contributed by atoms with Gasteiger partial charge < -0.3 is 4.90 Å². The number of ketones is 1. The first-order chi connectivity index (χ1) is 9.86. The summed E-state index contributed by atoms with van der Waals surface area (Å²) in [5.41, 5.74) is 1.24. The van der Waals surface area contributed by atoms with Crippen molar-refractivity contribution >= 4 is 21.7 Å². The van der Waals surface area contributed by atoms with Crippen LogP contribution in [-0.2, 0) is 0 Å². The second kappa shape index (κ2) is 7.06. The summed E-state index contributed by atoms with van der Waals surface area (Å²) in [5.74, 6) is 1.07. The number of nitrogens with zero attached hydrogens (tertiary/aromatic N) is 1. The molecule has 1 aromatic rings. The molecule has 0 spiro atoms. The molecule has 0 unspecified atom stereocenters. The SMILES string of the molecule is CC(C)(C)C1CCN(CCC(=O)c2ccc(Br)cc2)CC1. The van der Waals surface area contributed by atoms with Crippen molar-refractivity contribution in [3.63, 3.8) is 0 Å². The maximum Gasteiger partial charge on any atom is 0.164 e. The molecule has 1 saturated heterocycles. The first-order valence-corrected chi connectivity index (χ1v) is 8.66. The van der Waals surface area contributed by atoms with Crippen LogP contribution in [0.5, 0.6) is 0 Å². The zero-order chi connectivity index (χ0) is 15.5. The van der Waals surface area contributed by atoms with Gasteiger partial charge in [-0.2, -0.15) is 0 Å². The number of likely N-dealkylation sites (tertiary alicyclic amines) is 1. The lowest BCUT2D eigenvalue weighted by molar-refractivity contribution is 0.0902. The Bertz CT molecular complexity index is 467. The van der Waals surface area contributed by atoms with Gasteiger partial charge in [0.2, 0.25) is 0 Å². The summed E-state index contributed by atoms with van der Waals surface area (Å²) in [4.78, 5) is 14.6. The third-order valence-electron chi connectivity index (χ3n) is 4.63. The fourth-order valence-electron chi connectivity index (χ4n) is 3.06. The van der Waals surface area contributed by atoms with Crippen LogP contribution in [-0.4, -0.2) is 30.3 Å². The number of Topliss-reactive ketones (excluding diaryl/α,β-unsaturated/α-hetero) is 1. The van der Waals surface area contributed by atoms with Gasteiger partial charge in [-0.1, -0.05) is 48.8 Å². The fraction of sp³-hybridized carbons (Fsp3) is 0.611. The monoisotopic (exact) mass is 351 g/mol. The summed E-state index contributed by atoms with van der Waals surface area (Å²) in [5, 5.41) is 0. The molecule has 0 aliphatic carbocycles. The molecular weight excluding hydrogens is 326 g/mol. The molecular formula is C18H26BrNO. The second-order valence-electron chi connectivity index (χ2n) is 7.16. The van der Waals surface area contributed by atoms with Gasteiger partial charge in [0.15, 0.2) is 5.78 Å². The van der Waals surface area contributed by atoms with Gasteiger partial charge >= 0.3 is 0 Å². The molecule has 1 fully saturated rings. The smallest absolute Gasteiger partial charge is 0.164 e. The molecule has 1 aliphatic rings. The predicted molar refractivity (Wildman–Crippen MR) is 91.7 cm³/mol. The maximum absolute atomic E-state index is 12.2. The zero-order valence-corrected chi connectivity index (χ0v) is 14.9. The molecule has 0 amide bonds. The Kier molecular flexibility index (Phi) is 5.61. The number of piperidine rings is 1. The van der Waals surface area contributed by atoms with Crippen molar-refractivity contribution in [2.75, 3.05) is 19.6 Å². The zero-order valence-electron chi connectivity index (χ0n) is 13.4. The van der Waals surface area contributed by atoms with Crippen molar-refractivity contribution < 1.29 is 4.79 Å². The van der Waals surface area contributed by atoms with Gasteiger partial charge in [-0.15, -0.1) is 0 Å². The highest BCUT2D eigenvalue weighted by Gasteiger charge is 2.28. The summed E-state index contributed by atoms with van der Waals surface area (Å²) < 4.78 is 1.02. The van der Waals surface area contributed by atoms with E-state index in [2.05, 4.69) is 41.6 Å². The summed E-state index contributed by atoms with van der Waals surface area (Å²) in [6.45, 7) is 10.2. The van der Waals surface area contributed by atoms with Gasteiger partial charge in [0, 0.05) is 23.0 Å². The highest BCUT2D eigenvalue weighted by Crippen LogP contribution is 2.34. The van der Waals surface area contributed by atoms with Gasteiger partial charge in [0.25, 0.3) is 0 Å². The van der Waals surface area contributed by atoms with E-state index in [1.165, 1.54) is 12.8 Å². The maximum atomic E-state index is 12.2. The largest absolute Gasteiger partial charge is 0.303 e. The van der Waals surface area contributed by atoms with Crippen LogP contribution in [0.15, 0.2) is 28.7 Å². The predicted octanol–water partition coefficient (Wildman–Crippen LogP) is 4.78. The Balaban J connectivity index is 1.77. The molecule has 116 valence electrons. The van der Waals surface area contributed by atoms with E-state index in [9.17, 15) is 4.79 Å². The van der Waals surface area contributed by atoms with Crippen LogP contribution in [0.4, 0.5) is 0 Å². The highest BCUT2D eigenvalue weighted by molar-refractivity contribution is 9.10. The minimum Gasteiger partial charge on any atom is -0.303 e. The molecule has 0 bridgehead atoms. The van der Waals surface area contributed by atoms with Crippen molar-refractivity contribution in [1.29, 1.82) is 0 Å². The van der Waals surface area contributed by atoms with Crippen LogP contribution >= 0.6 is 15.9 Å². The lowest BCUT2D eigenvalue weighted by atomic mass is 9.75. The molecule has 0 aromatic heterocycles. The quantitative estimate of drug-likeness (QED) is 0.727. The van der Waals surface area contributed by atoms with Crippen molar-refractivity contribution in [1.82, 2.24) is 4.90 Å². The van der Waals surface area contributed by atoms with E-state index in [1.54, 1.807) is 0 Å². The molecule has 21 heavy (non-hydrogen) atoms. The van der Waals surface area contributed by atoms with Crippen LogP contribution in [0.1, 0.15) is 50.4 Å². The van der Waals surface area contributed by atoms with E-state index in [4.69, 9.17) is 0 Å². The summed E-state index contributed by atoms with van der Waals surface area (Å²) >= 11 is 3.40. The molecule has 0 atom stereocenters. The van der Waals surface area contributed by atoms with Crippen molar-refractivity contribution in [2.24, 2.45) is 11.3 Å². The van der Waals surface area contributed by atoms with Gasteiger partial charge in [0.1, 0.15) is 0 Å². The Morgan fingerprint density at radius 2 is 1.76 bits per heavy atom. The Morgan fingerprint density at radius 1 is 1.19 bits per heavy atom. The standard InChI is InChI=1S/C18H26BrNO/c1-18(2,3)15-8-11-20(12-9-15)13-10-17(21)14-4-6-16(19)7-5-14/h4-7,15H,8-13H2,1-3H3. The molecule has 0 radical (unpaired) electrons. The summed E-state index contributed by atoms with van der Waals surface area (Å²) in [6, 6.07) is 7.67. The number of carbonyl (C=O) groups excluding carboxylic acids is 1. The van der Waals surface area contributed by atoms with Gasteiger partial charge in [0.05, 0.1) is 0 Å². The molecule has 1 heterocycles. The van der Waals surface area contributed by atoms with Crippen LogP contribution in [0.3, 0.4) is 0 Å². The van der Waals surface area contributed by atoms with E-state index in [-0.39, 0.29) is 5.78 Å². The third-order valence-corrected chi connectivity index (χ3v) is 5.16. The number of rotatable bonds is 4. The molecule has 2 rings (SSSR count). The normalized spacial score (nSPS) is 17.9. The Hall–Kier alpha value is -0.670. The van der Waals surface area contributed by atoms with Crippen LogP contribution in [0, 0.1) is 11.3 Å². The molecule has 0 N–H and O–H groups in total. The molecule has 1 aliphatic heterocycles. The average molecular weight is 352 g/mol. The highest BCUT2D eigenvalue weighted by atomic mass is 79.9. The first-order valence-electron chi connectivity index (χ1n) is 7.87. The minimum absolute atomic E-state index is 0.250. The lowest BCUT2D eigenvalue weighted by Gasteiger charge is -2.38. The van der Waals surface area contributed by atoms with E-state index in [1.807, 2.05) is 24.3 Å². The fourth-order valence-corrected chi connectivity index (χ4v) is 3.33. The lowest BCUT2D eigenvalue weighted by Crippen LogP contribution is -2.38. The van der Waals surface area contributed by atoms with E-state index in [0.29, 0.717) is 11.8 Å². The Labute approximate surface area is 137 Å². The number of hydrogen-bond acceptors (Lipinski definition) is 2. The molecule has 0 saturated carbocycles. The van der Waals surface area contributed by atoms with Crippen LogP contribution < -0.4 is 0 Å². The molecule has 3 heteroatoms. The molecule has 1 aromatic carbocycles. The minimum atomic E-state index is 0.250. The number of carbonyl (C=O) groups is 1. The third kappa shape index (κ3) is 4.93. The van der Waals surface area contributed by atoms with Crippen LogP contribution in [0.2, 0.25) is 0 Å². The van der Waals surface area contributed by atoms with E-state index < -0.39 is 0 Å². The van der Waals surface area contributed by atoms with Gasteiger partial charge in [-0.05, 0) is 49.4 Å². The number of benzene rings is 1. The van der Waals surface area contributed by atoms with Crippen molar-refractivity contribution in [3.05, 3.63) is 34.3 Å². The van der Waals surface area contributed by atoms with E-state index >= 15 is 0 Å². The summed E-state index contributed by atoms with van der Waals surface area (Å²) in [7, 11) is 0. The second-order valence-corrected chi connectivity index (χ2v) is 8.08. The Morgan fingerprint density at radius 3 is 2.29 bits per heavy atom. The topological polar surface area (TPSA) is 20.3 Å². The summed E-state index contributed by atoms with van der Waals surface area (Å²) in [6.07, 6.45) is 3.15. The van der Waals surface area contributed by atoms with Crippen molar-refractivity contribution in [2.45, 2.75) is 40.0 Å². The van der Waals surface area contributed by atoms with Crippen molar-refractivity contribution in [3.8, 4) is 0 Å². The van der Waals surface area contributed by atoms with E-state index in [0.717, 1.165) is 35.6 Å². The average Bonchev–Trinajstić information content (AvgIpc) is 2.45. The van der Waals surface area contributed by atoms with Gasteiger partial charge in [-0.3, -0.25) is 4.79 Å². The molecule has 2 nitrogen and oxygen atoms in total. The van der Waals surface area contributed by atoms with Gasteiger partial charge in [-0.25, -0.2) is 0 Å².